The third-order valence-electron chi connectivity index (χ3n) is 3.48. The van der Waals surface area contributed by atoms with E-state index in [0.29, 0.717) is 0 Å². The fourth-order valence-corrected chi connectivity index (χ4v) is 2.73. The van der Waals surface area contributed by atoms with Gasteiger partial charge in [-0.1, -0.05) is 12.8 Å². The third-order valence-corrected chi connectivity index (χ3v) is 3.48. The fraction of sp³-hybridized carbons (Fsp3) is 1.00. The first-order valence-corrected chi connectivity index (χ1v) is 4.57. The topological polar surface area (TPSA) is 26.0 Å². The monoisotopic (exact) mass is 139 g/mol. The minimum absolute atomic E-state index is 0.771. The lowest BCUT2D eigenvalue weighted by Gasteiger charge is -2.20. The average Bonchev–Trinajstić information content (AvgIpc) is 2.62. The van der Waals surface area contributed by atoms with Crippen molar-refractivity contribution in [1.82, 2.24) is 0 Å². The van der Waals surface area contributed by atoms with Gasteiger partial charge < -0.3 is 5.73 Å². The molecule has 2 saturated carbocycles. The van der Waals surface area contributed by atoms with E-state index in [1.807, 2.05) is 0 Å². The van der Waals surface area contributed by atoms with E-state index < -0.39 is 0 Å². The Morgan fingerprint density at radius 1 is 1.40 bits per heavy atom. The molecule has 2 atom stereocenters. The lowest BCUT2D eigenvalue weighted by Crippen LogP contribution is -2.14. The number of fused-ring (bicyclic) bond motifs is 1. The second kappa shape index (κ2) is 2.23. The molecule has 0 radical (unpaired) electrons. The predicted octanol–water partition coefficient (Wildman–Crippen LogP) is 1.92. The van der Waals surface area contributed by atoms with Crippen molar-refractivity contribution in [2.24, 2.45) is 17.1 Å². The van der Waals surface area contributed by atoms with Crippen molar-refractivity contribution in [2.45, 2.75) is 38.5 Å². The van der Waals surface area contributed by atoms with Gasteiger partial charge in [-0.3, -0.25) is 0 Å². The van der Waals surface area contributed by atoms with Crippen molar-refractivity contribution >= 4 is 0 Å². The summed E-state index contributed by atoms with van der Waals surface area (Å²) in [7, 11) is 0. The molecule has 2 aliphatic rings. The molecular weight excluding hydrogens is 122 g/mol. The van der Waals surface area contributed by atoms with Crippen LogP contribution >= 0.6 is 0 Å². The van der Waals surface area contributed by atoms with Gasteiger partial charge in [0.05, 0.1) is 0 Å². The molecule has 2 unspecified atom stereocenters. The summed E-state index contributed by atoms with van der Waals surface area (Å²) in [6.07, 6.45) is 8.74. The van der Waals surface area contributed by atoms with Gasteiger partial charge in [0, 0.05) is 0 Å². The SMILES string of the molecule is NCCC12CCCCC1C2. The highest BCUT2D eigenvalue weighted by molar-refractivity contribution is 5.03. The quantitative estimate of drug-likeness (QED) is 0.621. The second-order valence-electron chi connectivity index (χ2n) is 4.05. The summed E-state index contributed by atoms with van der Waals surface area (Å²) in [5, 5.41) is 0. The van der Waals surface area contributed by atoms with E-state index in [9.17, 15) is 0 Å². The van der Waals surface area contributed by atoms with Crippen molar-refractivity contribution in [3.63, 3.8) is 0 Å². The fourth-order valence-electron chi connectivity index (χ4n) is 2.73. The zero-order valence-corrected chi connectivity index (χ0v) is 6.60. The molecule has 0 aromatic heterocycles. The van der Waals surface area contributed by atoms with Crippen molar-refractivity contribution in [3.05, 3.63) is 0 Å². The van der Waals surface area contributed by atoms with Crippen LogP contribution in [0.4, 0.5) is 0 Å². The highest BCUT2D eigenvalue weighted by atomic mass is 14.6. The molecule has 2 N–H and O–H groups in total. The van der Waals surface area contributed by atoms with E-state index in [1.54, 1.807) is 0 Å². The van der Waals surface area contributed by atoms with E-state index >= 15 is 0 Å². The predicted molar refractivity (Wildman–Crippen MR) is 42.7 cm³/mol. The van der Waals surface area contributed by atoms with Crippen LogP contribution < -0.4 is 5.73 Å². The lowest BCUT2D eigenvalue weighted by molar-refractivity contribution is 0.320. The first-order chi connectivity index (χ1) is 4.87. The highest BCUT2D eigenvalue weighted by Gasteiger charge is 2.53. The Morgan fingerprint density at radius 2 is 2.30 bits per heavy atom. The smallest absolute Gasteiger partial charge is 0.00719 e. The molecule has 58 valence electrons. The van der Waals surface area contributed by atoms with Crippen LogP contribution in [0.15, 0.2) is 0 Å². The standard InChI is InChI=1S/C9H17N/c10-6-5-9-4-2-1-3-8(9)7-9/h8H,1-7,10H2. The normalized spacial score (nSPS) is 44.7. The van der Waals surface area contributed by atoms with Gasteiger partial charge >= 0.3 is 0 Å². The molecule has 2 aliphatic carbocycles. The van der Waals surface area contributed by atoms with Crippen LogP contribution in [-0.4, -0.2) is 6.54 Å². The summed E-state index contributed by atoms with van der Waals surface area (Å²) in [5.41, 5.74) is 6.34. The third kappa shape index (κ3) is 0.878. The Hall–Kier alpha value is -0.0400. The maximum absolute atomic E-state index is 5.57. The van der Waals surface area contributed by atoms with Crippen LogP contribution in [0.3, 0.4) is 0 Å². The van der Waals surface area contributed by atoms with Crippen molar-refractivity contribution in [1.29, 1.82) is 0 Å². The molecule has 0 bridgehead atoms. The van der Waals surface area contributed by atoms with E-state index in [-0.39, 0.29) is 0 Å². The zero-order chi connectivity index (χ0) is 7.03. The molecular formula is C9H17N. The van der Waals surface area contributed by atoms with E-state index in [2.05, 4.69) is 0 Å². The van der Waals surface area contributed by atoms with Gasteiger partial charge in [-0.15, -0.1) is 0 Å². The van der Waals surface area contributed by atoms with Gasteiger partial charge in [0.15, 0.2) is 0 Å². The Morgan fingerprint density at radius 3 is 3.00 bits per heavy atom. The molecule has 0 aliphatic heterocycles. The van der Waals surface area contributed by atoms with Crippen LogP contribution in [0.5, 0.6) is 0 Å². The molecule has 1 heteroatoms. The lowest BCUT2D eigenvalue weighted by atomic mass is 9.86. The number of nitrogens with two attached hydrogens (primary N) is 1. The van der Waals surface area contributed by atoms with Gasteiger partial charge in [0.2, 0.25) is 0 Å². The highest BCUT2D eigenvalue weighted by Crippen LogP contribution is 2.63. The second-order valence-corrected chi connectivity index (χ2v) is 4.05. The van der Waals surface area contributed by atoms with Crippen molar-refractivity contribution < 1.29 is 0 Å². The molecule has 0 spiro atoms. The van der Waals surface area contributed by atoms with Crippen LogP contribution in [-0.2, 0) is 0 Å². The van der Waals surface area contributed by atoms with Crippen LogP contribution in [0.25, 0.3) is 0 Å². The Bertz CT molecular complexity index is 129. The Balaban J connectivity index is 1.92. The van der Waals surface area contributed by atoms with Crippen LogP contribution in [0, 0.1) is 11.3 Å². The first-order valence-electron chi connectivity index (χ1n) is 4.57. The summed E-state index contributed by atoms with van der Waals surface area (Å²) in [6, 6.07) is 0. The first kappa shape index (κ1) is 6.66. The molecule has 0 aromatic carbocycles. The molecule has 1 nitrogen and oxygen atoms in total. The van der Waals surface area contributed by atoms with Gasteiger partial charge in [-0.2, -0.15) is 0 Å². The molecule has 0 heterocycles. The summed E-state index contributed by atoms with van der Waals surface area (Å²) in [6.45, 7) is 0.913. The van der Waals surface area contributed by atoms with E-state index in [4.69, 9.17) is 5.73 Å². The largest absolute Gasteiger partial charge is 0.330 e. The van der Waals surface area contributed by atoms with E-state index in [1.165, 1.54) is 38.5 Å². The maximum atomic E-state index is 5.57. The van der Waals surface area contributed by atoms with Crippen LogP contribution in [0.2, 0.25) is 0 Å². The van der Waals surface area contributed by atoms with E-state index in [0.717, 1.165) is 17.9 Å². The Kier molecular flexibility index (Phi) is 1.48. The number of hydrogen-bond acceptors (Lipinski definition) is 1. The Labute approximate surface area is 63.0 Å². The molecule has 0 amide bonds. The minimum Gasteiger partial charge on any atom is -0.330 e. The summed E-state index contributed by atoms with van der Waals surface area (Å²) < 4.78 is 0. The van der Waals surface area contributed by atoms with Crippen molar-refractivity contribution in [2.75, 3.05) is 6.54 Å². The zero-order valence-electron chi connectivity index (χ0n) is 6.60. The van der Waals surface area contributed by atoms with Crippen LogP contribution in [0.1, 0.15) is 38.5 Å². The van der Waals surface area contributed by atoms with Gasteiger partial charge in [0.1, 0.15) is 0 Å². The molecule has 0 aromatic rings. The summed E-state index contributed by atoms with van der Waals surface area (Å²) >= 11 is 0. The number of hydrogen-bond donors (Lipinski definition) is 1. The molecule has 2 rings (SSSR count). The van der Waals surface area contributed by atoms with Gasteiger partial charge in [-0.25, -0.2) is 0 Å². The molecule has 2 fully saturated rings. The number of rotatable bonds is 2. The molecule has 10 heavy (non-hydrogen) atoms. The van der Waals surface area contributed by atoms with Crippen molar-refractivity contribution in [3.8, 4) is 0 Å². The maximum Gasteiger partial charge on any atom is -0.00719 e. The van der Waals surface area contributed by atoms with Gasteiger partial charge in [-0.05, 0) is 43.6 Å². The summed E-state index contributed by atoms with van der Waals surface area (Å²) in [4.78, 5) is 0. The summed E-state index contributed by atoms with van der Waals surface area (Å²) in [5.74, 6) is 1.09. The average molecular weight is 139 g/mol. The van der Waals surface area contributed by atoms with Gasteiger partial charge in [0.25, 0.3) is 0 Å². The molecule has 0 saturated heterocycles. The minimum atomic E-state index is 0.771.